The van der Waals surface area contributed by atoms with Crippen LogP contribution in [0.2, 0.25) is 0 Å². The van der Waals surface area contributed by atoms with E-state index in [1.807, 2.05) is 6.92 Å². The van der Waals surface area contributed by atoms with E-state index < -0.39 is 5.79 Å². The summed E-state index contributed by atoms with van der Waals surface area (Å²) in [4.78, 5) is 4.51. The van der Waals surface area contributed by atoms with Crippen molar-refractivity contribution in [3.05, 3.63) is 24.0 Å². The Morgan fingerprint density at radius 1 is 1.45 bits per heavy atom. The summed E-state index contributed by atoms with van der Waals surface area (Å²) in [5.41, 5.74) is 2.37. The monoisotopic (exact) mass is 434 g/mol. The number of allylic oxidation sites excluding steroid dienone is 1. The van der Waals surface area contributed by atoms with Crippen molar-refractivity contribution >= 4 is 12.6 Å². The van der Waals surface area contributed by atoms with Gasteiger partial charge in [-0.25, -0.2) is 5.26 Å². The van der Waals surface area contributed by atoms with Gasteiger partial charge in [0.15, 0.2) is 0 Å². The first-order valence-electron chi connectivity index (χ1n) is 10.4. The lowest BCUT2D eigenvalue weighted by atomic mass is 9.66. The number of aliphatic hydroxyl groups excluding tert-OH is 1. The Bertz CT molecular complexity index is 502. The van der Waals surface area contributed by atoms with E-state index in [1.165, 1.54) is 12.0 Å². The van der Waals surface area contributed by atoms with Gasteiger partial charge in [-0.1, -0.05) is 33.4 Å². The van der Waals surface area contributed by atoms with Gasteiger partial charge in [0.05, 0.1) is 12.9 Å². The van der Waals surface area contributed by atoms with E-state index in [0.29, 0.717) is 30.8 Å². The van der Waals surface area contributed by atoms with Crippen molar-refractivity contribution in [2.24, 2.45) is 23.7 Å². The topological polar surface area (TPSA) is 68.2 Å². The maximum absolute atomic E-state index is 9.43. The number of thiol groups is 1. The number of fused-ring (bicyclic) bond motifs is 1. The van der Waals surface area contributed by atoms with E-state index in [1.54, 1.807) is 13.2 Å². The van der Waals surface area contributed by atoms with E-state index in [-0.39, 0.29) is 21.4 Å². The Morgan fingerprint density at radius 2 is 2.14 bits per heavy atom. The Labute approximate surface area is 185 Å². The van der Waals surface area contributed by atoms with Crippen molar-refractivity contribution in [2.75, 3.05) is 25.6 Å². The molecule has 0 aromatic rings. The van der Waals surface area contributed by atoms with Crippen LogP contribution in [0.5, 0.6) is 0 Å². The summed E-state index contributed by atoms with van der Waals surface area (Å²) in [6, 6.07) is 0. The van der Waals surface area contributed by atoms with Gasteiger partial charge >= 0.3 is 0 Å². The molecule has 0 saturated heterocycles. The second-order valence-corrected chi connectivity index (χ2v) is 8.96. The van der Waals surface area contributed by atoms with Crippen LogP contribution < -0.4 is 0 Å². The number of aliphatic hydroxyl groups is 1. The summed E-state index contributed by atoms with van der Waals surface area (Å²) in [6.45, 7) is 13.5. The molecule has 2 aliphatic rings. The average molecular weight is 435 g/mol. The lowest BCUT2D eigenvalue weighted by Gasteiger charge is -2.38. The van der Waals surface area contributed by atoms with Crippen molar-refractivity contribution in [1.29, 1.82) is 0 Å². The van der Waals surface area contributed by atoms with Crippen LogP contribution >= 0.6 is 12.6 Å². The minimum absolute atomic E-state index is 0. The van der Waals surface area contributed by atoms with Crippen molar-refractivity contribution in [1.82, 2.24) is 0 Å². The number of hydrogen-bond acceptors (Lipinski definition) is 6. The molecule has 1 fully saturated rings. The molecule has 0 aromatic carbocycles. The highest BCUT2D eigenvalue weighted by Gasteiger charge is 2.40. The van der Waals surface area contributed by atoms with Crippen molar-refractivity contribution in [3.8, 4) is 0 Å². The first-order chi connectivity index (χ1) is 13.3. The Morgan fingerprint density at radius 3 is 2.69 bits per heavy atom. The highest BCUT2D eigenvalue weighted by atomic mass is 32.1. The molecule has 5 nitrogen and oxygen atoms in total. The SMILES string of the molecule is C.C=C(C)COCCCS.C[C@@H]1CC[C@@H]([C@@H](C)CO)C2=CO[C@@](C)(OO)CCC21.[HH]. The van der Waals surface area contributed by atoms with Gasteiger partial charge < -0.3 is 14.6 Å². The molecule has 0 spiro atoms. The van der Waals surface area contributed by atoms with Gasteiger partial charge in [0, 0.05) is 28.0 Å². The van der Waals surface area contributed by atoms with E-state index in [4.69, 9.17) is 14.7 Å². The van der Waals surface area contributed by atoms with Crippen LogP contribution in [0.1, 0.15) is 68.7 Å². The van der Waals surface area contributed by atoms with Gasteiger partial charge in [-0.3, -0.25) is 0 Å². The molecule has 2 rings (SSSR count). The molecule has 1 aliphatic carbocycles. The predicted octanol–water partition coefficient (Wildman–Crippen LogP) is 5.96. The van der Waals surface area contributed by atoms with Crippen molar-refractivity contribution in [2.45, 2.75) is 73.0 Å². The first kappa shape index (κ1) is 28.5. The molecule has 1 heterocycles. The summed E-state index contributed by atoms with van der Waals surface area (Å²) in [5, 5.41) is 18.4. The zero-order valence-corrected chi connectivity index (χ0v) is 18.9. The third-order valence-corrected chi connectivity index (χ3v) is 6.11. The van der Waals surface area contributed by atoms with Crippen LogP contribution in [0, 0.1) is 23.7 Å². The van der Waals surface area contributed by atoms with Crippen LogP contribution in [0.3, 0.4) is 0 Å². The summed E-state index contributed by atoms with van der Waals surface area (Å²) in [7, 11) is 0. The first-order valence-corrected chi connectivity index (χ1v) is 11.0. The average Bonchev–Trinajstić information content (AvgIpc) is 2.86. The molecular formula is C23H46O5S. The fraction of sp³-hybridized carbons (Fsp3) is 0.826. The molecule has 5 atom stereocenters. The van der Waals surface area contributed by atoms with Gasteiger partial charge in [0.1, 0.15) is 0 Å². The molecule has 174 valence electrons. The van der Waals surface area contributed by atoms with E-state index in [2.05, 4.69) is 37.9 Å². The fourth-order valence-corrected chi connectivity index (χ4v) is 4.06. The minimum atomic E-state index is -0.933. The smallest absolute Gasteiger partial charge is 0.237 e. The van der Waals surface area contributed by atoms with Gasteiger partial charge in [-0.15, -0.1) is 0 Å². The highest BCUT2D eigenvalue weighted by Crippen LogP contribution is 2.46. The largest absolute Gasteiger partial charge is 0.468 e. The molecule has 1 unspecified atom stereocenters. The van der Waals surface area contributed by atoms with Crippen LogP contribution in [0.25, 0.3) is 0 Å². The maximum atomic E-state index is 9.43. The third-order valence-electron chi connectivity index (χ3n) is 5.79. The predicted molar refractivity (Wildman–Crippen MR) is 125 cm³/mol. The summed E-state index contributed by atoms with van der Waals surface area (Å²) >= 11 is 4.04. The van der Waals surface area contributed by atoms with Crippen LogP contribution in [-0.2, 0) is 14.4 Å². The third kappa shape index (κ3) is 9.43. The lowest BCUT2D eigenvalue weighted by Crippen LogP contribution is -2.31. The molecule has 0 radical (unpaired) electrons. The molecule has 0 bridgehead atoms. The van der Waals surface area contributed by atoms with Crippen LogP contribution in [0.15, 0.2) is 24.0 Å². The maximum Gasteiger partial charge on any atom is 0.237 e. The molecule has 29 heavy (non-hydrogen) atoms. The van der Waals surface area contributed by atoms with Crippen LogP contribution in [0.4, 0.5) is 0 Å². The molecule has 0 amide bonds. The molecular weight excluding hydrogens is 388 g/mol. The second kappa shape index (κ2) is 14.5. The van der Waals surface area contributed by atoms with Gasteiger partial charge in [0.25, 0.3) is 0 Å². The Hall–Kier alpha value is -0.530. The summed E-state index contributed by atoms with van der Waals surface area (Å²) < 4.78 is 10.9. The van der Waals surface area contributed by atoms with E-state index in [0.717, 1.165) is 37.2 Å². The zero-order chi connectivity index (χ0) is 21.2. The minimum Gasteiger partial charge on any atom is -0.468 e. The van der Waals surface area contributed by atoms with E-state index >= 15 is 0 Å². The molecule has 2 N–H and O–H groups in total. The number of hydrogen-bond donors (Lipinski definition) is 3. The summed E-state index contributed by atoms with van der Waals surface area (Å²) in [5.74, 6) is 1.70. The quantitative estimate of drug-likeness (QED) is 0.145. The Kier molecular flexibility index (Phi) is 14.2. The van der Waals surface area contributed by atoms with Gasteiger partial charge in [-0.2, -0.15) is 17.5 Å². The van der Waals surface area contributed by atoms with Crippen molar-refractivity contribution < 1.29 is 26.2 Å². The number of ether oxygens (including phenoxy) is 2. The molecule has 1 aliphatic heterocycles. The van der Waals surface area contributed by atoms with Crippen molar-refractivity contribution in [3.63, 3.8) is 0 Å². The standard InChI is InChI=1S/C15H26O4.C7H14OS.CH4.H2/c1-10-4-5-12(11(2)8-16)14-9-18-15(3,19-17)7-6-13(10)14;1-7(2)6-8-4-3-5-9;;/h9-13,16-17H,4-8H2,1-3H3;9H,1,3-6H2,2H3;1H4;1H/t10-,11+,12+,13?,15+;;;/m1.../s1. The van der Waals surface area contributed by atoms with Crippen LogP contribution in [-0.4, -0.2) is 41.7 Å². The summed E-state index contributed by atoms with van der Waals surface area (Å²) in [6.07, 6.45) is 6.74. The lowest BCUT2D eigenvalue weighted by molar-refractivity contribution is -0.387. The van der Waals surface area contributed by atoms with E-state index in [9.17, 15) is 5.11 Å². The second-order valence-electron chi connectivity index (χ2n) is 8.51. The Balaban J connectivity index is 0. The molecule has 0 aromatic heterocycles. The normalized spacial score (nSPS) is 29.6. The van der Waals surface area contributed by atoms with Gasteiger partial charge in [-0.05, 0) is 67.6 Å². The molecule has 1 saturated carbocycles. The fourth-order valence-electron chi connectivity index (χ4n) is 3.93. The highest BCUT2D eigenvalue weighted by molar-refractivity contribution is 7.80. The van der Waals surface area contributed by atoms with Gasteiger partial charge in [0.2, 0.25) is 5.79 Å². The number of rotatable bonds is 8. The zero-order valence-electron chi connectivity index (χ0n) is 18.0. The molecule has 6 heteroatoms.